The van der Waals surface area contributed by atoms with Gasteiger partial charge in [0.15, 0.2) is 11.8 Å². The molecule has 150 valence electrons. The zero-order valence-electron chi connectivity index (χ0n) is 17.3. The number of guanidine groups is 1. The third kappa shape index (κ3) is 7.48. The highest BCUT2D eigenvalue weighted by Crippen LogP contribution is 2.10. The summed E-state index contributed by atoms with van der Waals surface area (Å²) in [5, 5.41) is 11.3. The van der Waals surface area contributed by atoms with Gasteiger partial charge in [0, 0.05) is 31.5 Å². The maximum atomic E-state index is 4.54. The first-order valence-electron chi connectivity index (χ1n) is 9.34. The summed E-state index contributed by atoms with van der Waals surface area (Å²) in [6.45, 7) is 11.4. The van der Waals surface area contributed by atoms with Crippen molar-refractivity contribution >= 4 is 29.9 Å². The van der Waals surface area contributed by atoms with E-state index in [1.807, 2.05) is 36.9 Å². The van der Waals surface area contributed by atoms with Crippen LogP contribution in [0.25, 0.3) is 5.82 Å². The van der Waals surface area contributed by atoms with E-state index in [0.717, 1.165) is 41.1 Å². The fourth-order valence-corrected chi connectivity index (χ4v) is 2.78. The van der Waals surface area contributed by atoms with Gasteiger partial charge >= 0.3 is 0 Å². The maximum Gasteiger partial charge on any atom is 0.191 e. The third-order valence-corrected chi connectivity index (χ3v) is 4.28. The minimum atomic E-state index is 0. The van der Waals surface area contributed by atoms with Crippen molar-refractivity contribution in [1.82, 2.24) is 25.4 Å². The third-order valence-electron chi connectivity index (χ3n) is 4.28. The Hall–Kier alpha value is -1.64. The lowest BCUT2D eigenvalue weighted by Gasteiger charge is -2.18. The summed E-state index contributed by atoms with van der Waals surface area (Å²) in [6, 6.07) is 6.52. The second kappa shape index (κ2) is 11.3. The van der Waals surface area contributed by atoms with Crippen LogP contribution in [0.4, 0.5) is 0 Å². The summed E-state index contributed by atoms with van der Waals surface area (Å²) < 4.78 is 1.86. The maximum absolute atomic E-state index is 4.54. The molecule has 0 spiro atoms. The minimum absolute atomic E-state index is 0. The van der Waals surface area contributed by atoms with Crippen LogP contribution in [0.5, 0.6) is 0 Å². The Labute approximate surface area is 180 Å². The van der Waals surface area contributed by atoms with Gasteiger partial charge in [0.25, 0.3) is 0 Å². The summed E-state index contributed by atoms with van der Waals surface area (Å²) in [6.07, 6.45) is 4.23. The zero-order chi connectivity index (χ0) is 19.1. The van der Waals surface area contributed by atoms with E-state index < -0.39 is 0 Å². The Kier molecular flexibility index (Phi) is 9.76. The van der Waals surface area contributed by atoms with Crippen LogP contribution >= 0.6 is 24.0 Å². The van der Waals surface area contributed by atoms with Gasteiger partial charge in [-0.1, -0.05) is 19.9 Å². The molecule has 0 radical (unpaired) electrons. The molecule has 0 amide bonds. The van der Waals surface area contributed by atoms with Gasteiger partial charge in [-0.25, -0.2) is 9.67 Å². The average Bonchev–Trinajstić information content (AvgIpc) is 2.95. The number of halogens is 1. The fourth-order valence-electron chi connectivity index (χ4n) is 2.78. The number of hydrogen-bond donors (Lipinski definition) is 2. The Bertz CT molecular complexity index is 721. The largest absolute Gasteiger partial charge is 0.354 e. The summed E-state index contributed by atoms with van der Waals surface area (Å²) in [5.41, 5.74) is 3.19. The van der Waals surface area contributed by atoms with Crippen LogP contribution in [0, 0.1) is 19.8 Å². The molecule has 27 heavy (non-hydrogen) atoms. The first-order chi connectivity index (χ1) is 12.4. The van der Waals surface area contributed by atoms with Crippen molar-refractivity contribution in [2.24, 2.45) is 10.9 Å². The number of nitrogens with one attached hydrogen (secondary N) is 2. The van der Waals surface area contributed by atoms with Gasteiger partial charge in [-0.05, 0) is 57.2 Å². The lowest BCUT2D eigenvalue weighted by Crippen LogP contribution is -2.41. The van der Waals surface area contributed by atoms with E-state index in [2.05, 4.69) is 52.5 Å². The predicted molar refractivity (Wildman–Crippen MR) is 123 cm³/mol. The molecular formula is C20H33IN6. The van der Waals surface area contributed by atoms with Crippen LogP contribution in [0.15, 0.2) is 29.4 Å². The van der Waals surface area contributed by atoms with Crippen LogP contribution < -0.4 is 10.6 Å². The van der Waals surface area contributed by atoms with Gasteiger partial charge in [-0.15, -0.1) is 24.0 Å². The van der Waals surface area contributed by atoms with Crippen molar-refractivity contribution < 1.29 is 0 Å². The SMILES string of the molecule is CN=C(NCc1ccc(-n2nc(C)cc2C)nc1)NC(C)CCC(C)C.I. The molecule has 2 aromatic rings. The second-order valence-electron chi connectivity index (χ2n) is 7.31. The molecule has 0 fully saturated rings. The highest BCUT2D eigenvalue weighted by Gasteiger charge is 2.08. The van der Waals surface area contributed by atoms with E-state index in [9.17, 15) is 0 Å². The van der Waals surface area contributed by atoms with Crippen molar-refractivity contribution in [1.29, 1.82) is 0 Å². The van der Waals surface area contributed by atoms with E-state index >= 15 is 0 Å². The number of aryl methyl sites for hydroxylation is 2. The summed E-state index contributed by atoms with van der Waals surface area (Å²) in [4.78, 5) is 8.85. The molecule has 2 rings (SSSR count). The number of nitrogens with zero attached hydrogens (tertiary/aromatic N) is 4. The normalized spacial score (nSPS) is 12.6. The van der Waals surface area contributed by atoms with Crippen molar-refractivity contribution in [2.75, 3.05) is 7.05 Å². The highest BCUT2D eigenvalue weighted by atomic mass is 127. The molecule has 6 nitrogen and oxygen atoms in total. The quantitative estimate of drug-likeness (QED) is 0.354. The average molecular weight is 484 g/mol. The molecule has 1 atom stereocenters. The van der Waals surface area contributed by atoms with Gasteiger partial charge in [0.05, 0.1) is 5.69 Å². The molecule has 0 bridgehead atoms. The van der Waals surface area contributed by atoms with Crippen LogP contribution in [-0.2, 0) is 6.54 Å². The monoisotopic (exact) mass is 484 g/mol. The van der Waals surface area contributed by atoms with Crippen molar-refractivity contribution in [3.8, 4) is 5.82 Å². The van der Waals surface area contributed by atoms with Crippen LogP contribution in [0.2, 0.25) is 0 Å². The zero-order valence-corrected chi connectivity index (χ0v) is 19.6. The number of aliphatic imine (C=N–C) groups is 1. The van der Waals surface area contributed by atoms with Crippen molar-refractivity contribution in [2.45, 2.75) is 60.0 Å². The van der Waals surface area contributed by atoms with E-state index in [1.165, 1.54) is 6.42 Å². The Morgan fingerprint density at radius 2 is 1.93 bits per heavy atom. The van der Waals surface area contributed by atoms with E-state index in [-0.39, 0.29) is 24.0 Å². The molecule has 0 aliphatic heterocycles. The Balaban J connectivity index is 0.00000364. The lowest BCUT2D eigenvalue weighted by molar-refractivity contribution is 0.489. The molecular weight excluding hydrogens is 451 g/mol. The van der Waals surface area contributed by atoms with Gasteiger partial charge in [-0.3, -0.25) is 4.99 Å². The minimum Gasteiger partial charge on any atom is -0.354 e. The molecule has 0 aliphatic carbocycles. The number of hydrogen-bond acceptors (Lipinski definition) is 3. The summed E-state index contributed by atoms with van der Waals surface area (Å²) >= 11 is 0. The predicted octanol–water partition coefficient (Wildman–Crippen LogP) is 3.99. The summed E-state index contributed by atoms with van der Waals surface area (Å²) in [7, 11) is 1.80. The lowest BCUT2D eigenvalue weighted by atomic mass is 10.0. The van der Waals surface area contributed by atoms with Gasteiger partial charge in [0.1, 0.15) is 0 Å². The topological polar surface area (TPSA) is 67.1 Å². The van der Waals surface area contributed by atoms with Gasteiger partial charge < -0.3 is 10.6 Å². The van der Waals surface area contributed by atoms with E-state index in [4.69, 9.17) is 0 Å². The molecule has 2 N–H and O–H groups in total. The van der Waals surface area contributed by atoms with Crippen LogP contribution in [-0.4, -0.2) is 33.8 Å². The van der Waals surface area contributed by atoms with Crippen LogP contribution in [0.3, 0.4) is 0 Å². The van der Waals surface area contributed by atoms with Crippen molar-refractivity contribution in [3.05, 3.63) is 41.3 Å². The molecule has 1 unspecified atom stereocenters. The van der Waals surface area contributed by atoms with E-state index in [1.54, 1.807) is 7.05 Å². The van der Waals surface area contributed by atoms with Crippen molar-refractivity contribution in [3.63, 3.8) is 0 Å². The molecule has 2 aromatic heterocycles. The smallest absolute Gasteiger partial charge is 0.191 e. The number of pyridine rings is 1. The van der Waals surface area contributed by atoms with Crippen LogP contribution in [0.1, 0.15) is 50.6 Å². The molecule has 0 aliphatic rings. The molecule has 0 aromatic carbocycles. The Morgan fingerprint density at radius 3 is 2.44 bits per heavy atom. The standard InChI is InChI=1S/C20H32N6.HI/c1-14(2)7-8-15(3)24-20(21-6)23-13-18-9-10-19(22-12-18)26-17(5)11-16(4)25-26;/h9-12,14-15H,7-8,13H2,1-6H3,(H2,21,23,24);1H. The highest BCUT2D eigenvalue weighted by molar-refractivity contribution is 14.0. The fraction of sp³-hybridized carbons (Fsp3) is 0.550. The molecule has 2 heterocycles. The first-order valence-corrected chi connectivity index (χ1v) is 9.34. The molecule has 0 saturated carbocycles. The van der Waals surface area contributed by atoms with Gasteiger partial charge in [-0.2, -0.15) is 5.10 Å². The summed E-state index contributed by atoms with van der Waals surface area (Å²) in [5.74, 6) is 2.38. The first kappa shape index (κ1) is 23.4. The number of rotatable bonds is 7. The molecule has 0 saturated heterocycles. The van der Waals surface area contributed by atoms with Gasteiger partial charge in [0.2, 0.25) is 0 Å². The number of aromatic nitrogens is 3. The molecule has 7 heteroatoms. The Morgan fingerprint density at radius 1 is 1.19 bits per heavy atom. The second-order valence-corrected chi connectivity index (χ2v) is 7.31. The van der Waals surface area contributed by atoms with E-state index in [0.29, 0.717) is 12.6 Å².